The van der Waals surface area contributed by atoms with E-state index in [1.165, 1.54) is 5.57 Å². The van der Waals surface area contributed by atoms with Crippen LogP contribution in [0.5, 0.6) is 0 Å². The molecule has 1 atom stereocenters. The average molecular weight is 420 g/mol. The van der Waals surface area contributed by atoms with Crippen molar-refractivity contribution in [3.8, 4) is 11.3 Å². The number of hydrogen-bond acceptors (Lipinski definition) is 3. The molecule has 31 heavy (non-hydrogen) atoms. The Hall–Kier alpha value is -2.66. The Kier molecular flexibility index (Phi) is 6.15. The van der Waals surface area contributed by atoms with Crippen LogP contribution >= 0.6 is 0 Å². The van der Waals surface area contributed by atoms with E-state index in [2.05, 4.69) is 37.0 Å². The molecule has 1 aromatic heterocycles. The van der Waals surface area contributed by atoms with Crippen LogP contribution in [-0.4, -0.2) is 40.5 Å². The fourth-order valence-electron chi connectivity index (χ4n) is 4.52. The number of aromatic nitrogens is 2. The van der Waals surface area contributed by atoms with Crippen LogP contribution in [0.15, 0.2) is 35.9 Å². The van der Waals surface area contributed by atoms with Crippen LogP contribution in [0, 0.1) is 26.7 Å². The third kappa shape index (κ3) is 4.24. The molecule has 1 N–H and O–H groups in total. The lowest BCUT2D eigenvalue weighted by molar-refractivity contribution is 0.0554. The summed E-state index contributed by atoms with van der Waals surface area (Å²) in [7, 11) is 0. The van der Waals surface area contributed by atoms with Crippen LogP contribution in [-0.2, 0) is 4.74 Å². The van der Waals surface area contributed by atoms with E-state index in [1.807, 2.05) is 37.8 Å². The molecule has 2 aromatic rings. The first-order valence-corrected chi connectivity index (χ1v) is 11.3. The van der Waals surface area contributed by atoms with Gasteiger partial charge in [0.15, 0.2) is 0 Å². The van der Waals surface area contributed by atoms with Crippen LogP contribution in [0.3, 0.4) is 0 Å². The third-order valence-corrected chi connectivity index (χ3v) is 6.56. The van der Waals surface area contributed by atoms with Crippen LogP contribution in [0.1, 0.15) is 65.8 Å². The number of aryl methyl sites for hydroxylation is 3. The van der Waals surface area contributed by atoms with Gasteiger partial charge < -0.3 is 14.6 Å². The Morgan fingerprint density at radius 3 is 2.68 bits per heavy atom. The van der Waals surface area contributed by atoms with Gasteiger partial charge in [0, 0.05) is 42.4 Å². The minimum Gasteiger partial charge on any atom is -0.370 e. The van der Waals surface area contributed by atoms with E-state index in [4.69, 9.17) is 9.72 Å². The first-order valence-electron chi connectivity index (χ1n) is 11.3. The van der Waals surface area contributed by atoms with E-state index in [1.54, 1.807) is 0 Å². The number of likely N-dealkylation sites (tertiary alicyclic amines) is 1. The Morgan fingerprint density at radius 2 is 2.00 bits per heavy atom. The van der Waals surface area contributed by atoms with Crippen LogP contribution < -0.4 is 0 Å². The van der Waals surface area contributed by atoms with Gasteiger partial charge in [0.1, 0.15) is 11.9 Å². The first kappa shape index (κ1) is 21.6. The molecule has 2 aliphatic heterocycles. The van der Waals surface area contributed by atoms with Gasteiger partial charge in [0.2, 0.25) is 0 Å². The summed E-state index contributed by atoms with van der Waals surface area (Å²) in [5, 5.41) is 0. The number of amides is 1. The molecule has 3 heterocycles. The molecule has 0 aliphatic carbocycles. The fraction of sp³-hybridized carbons (Fsp3) is 0.462. The standard InChI is InChI=1S/C26H33N3O2/c1-6-7-9-16(2)20-14-29(15-20)26(30)22-13-21(17(3)12-18(22)4)24-19(5)27-25(28-24)23-10-8-11-31-23/h6-7,9,12-13,20,23H,8,10-11,14-15H2,1-5H3,(H,27,28). The lowest BCUT2D eigenvalue weighted by Gasteiger charge is -2.40. The molecule has 0 saturated carbocycles. The highest BCUT2D eigenvalue weighted by molar-refractivity contribution is 5.97. The zero-order valence-electron chi connectivity index (χ0n) is 19.3. The summed E-state index contributed by atoms with van der Waals surface area (Å²) in [6.45, 7) is 12.7. The number of rotatable bonds is 5. The number of carbonyl (C=O) groups excluding carboxylic acids is 1. The molecular formula is C26H33N3O2. The molecule has 2 saturated heterocycles. The number of aromatic amines is 1. The van der Waals surface area contributed by atoms with Gasteiger partial charge in [0.05, 0.1) is 5.69 Å². The van der Waals surface area contributed by atoms with Gasteiger partial charge in [-0.25, -0.2) is 4.98 Å². The van der Waals surface area contributed by atoms with E-state index in [0.717, 1.165) is 72.0 Å². The van der Waals surface area contributed by atoms with Crippen LogP contribution in [0.2, 0.25) is 0 Å². The first-order chi connectivity index (χ1) is 14.9. The number of nitrogens with one attached hydrogen (secondary N) is 1. The van der Waals surface area contributed by atoms with Gasteiger partial charge in [-0.1, -0.05) is 29.9 Å². The van der Waals surface area contributed by atoms with Crippen molar-refractivity contribution in [2.45, 2.75) is 53.6 Å². The summed E-state index contributed by atoms with van der Waals surface area (Å²) in [6, 6.07) is 4.14. The molecule has 0 radical (unpaired) electrons. The summed E-state index contributed by atoms with van der Waals surface area (Å²) in [6.07, 6.45) is 8.37. The van der Waals surface area contributed by atoms with Crippen LogP contribution in [0.4, 0.5) is 0 Å². The second kappa shape index (κ2) is 8.83. The molecule has 5 nitrogen and oxygen atoms in total. The van der Waals surface area contributed by atoms with Gasteiger partial charge in [-0.2, -0.15) is 0 Å². The van der Waals surface area contributed by atoms with Crippen molar-refractivity contribution in [1.29, 1.82) is 0 Å². The average Bonchev–Trinajstić information content (AvgIpc) is 3.35. The molecule has 164 valence electrons. The van der Waals surface area contributed by atoms with E-state index in [0.29, 0.717) is 5.92 Å². The van der Waals surface area contributed by atoms with Crippen molar-refractivity contribution in [1.82, 2.24) is 14.9 Å². The van der Waals surface area contributed by atoms with Crippen molar-refractivity contribution < 1.29 is 9.53 Å². The molecule has 5 heteroatoms. The fourth-order valence-corrected chi connectivity index (χ4v) is 4.52. The summed E-state index contributed by atoms with van der Waals surface area (Å²) in [5.41, 5.74) is 7.21. The lowest BCUT2D eigenvalue weighted by Crippen LogP contribution is -2.50. The number of H-pyrrole nitrogens is 1. The van der Waals surface area contributed by atoms with Crippen molar-refractivity contribution in [2.24, 2.45) is 5.92 Å². The van der Waals surface area contributed by atoms with Gasteiger partial charge >= 0.3 is 0 Å². The lowest BCUT2D eigenvalue weighted by atomic mass is 9.90. The molecule has 1 unspecified atom stereocenters. The Morgan fingerprint density at radius 1 is 1.23 bits per heavy atom. The maximum atomic E-state index is 13.3. The molecule has 2 aliphatic rings. The number of imidazole rings is 1. The largest absolute Gasteiger partial charge is 0.370 e. The summed E-state index contributed by atoms with van der Waals surface area (Å²) < 4.78 is 5.80. The number of benzene rings is 1. The van der Waals surface area contributed by atoms with Crippen LogP contribution in [0.25, 0.3) is 11.3 Å². The van der Waals surface area contributed by atoms with E-state index in [9.17, 15) is 4.79 Å². The third-order valence-electron chi connectivity index (χ3n) is 6.56. The van der Waals surface area contributed by atoms with Gasteiger partial charge in [0.25, 0.3) is 5.91 Å². The minimum atomic E-state index is 0.0520. The molecular weight excluding hydrogens is 386 g/mol. The Labute approximate surface area is 185 Å². The van der Waals surface area contributed by atoms with Crippen molar-refractivity contribution in [3.63, 3.8) is 0 Å². The quantitative estimate of drug-likeness (QED) is 0.656. The highest BCUT2D eigenvalue weighted by Gasteiger charge is 2.33. The second-order valence-corrected chi connectivity index (χ2v) is 8.92. The highest BCUT2D eigenvalue weighted by atomic mass is 16.5. The topological polar surface area (TPSA) is 58.2 Å². The van der Waals surface area contributed by atoms with Crippen molar-refractivity contribution in [3.05, 3.63) is 64.1 Å². The normalized spacial score (nSPS) is 20.0. The van der Waals surface area contributed by atoms with Crippen molar-refractivity contribution >= 4 is 5.91 Å². The zero-order chi connectivity index (χ0) is 22.1. The van der Waals surface area contributed by atoms with Gasteiger partial charge in [-0.05, 0) is 64.7 Å². The molecule has 0 bridgehead atoms. The summed E-state index contributed by atoms with van der Waals surface area (Å²) >= 11 is 0. The smallest absolute Gasteiger partial charge is 0.254 e. The monoisotopic (exact) mass is 419 g/mol. The zero-order valence-corrected chi connectivity index (χ0v) is 19.3. The van der Waals surface area contributed by atoms with Crippen molar-refractivity contribution in [2.75, 3.05) is 19.7 Å². The molecule has 0 spiro atoms. The Balaban J connectivity index is 1.57. The second-order valence-electron chi connectivity index (χ2n) is 8.92. The predicted octanol–water partition coefficient (Wildman–Crippen LogP) is 5.45. The molecule has 1 aromatic carbocycles. The minimum absolute atomic E-state index is 0.0520. The summed E-state index contributed by atoms with van der Waals surface area (Å²) in [5.74, 6) is 1.46. The number of hydrogen-bond donors (Lipinski definition) is 1. The SMILES string of the molecule is CC=CC=C(C)C1CN(C(=O)c2cc(-c3nc(C4CCCO4)[nH]c3C)c(C)cc2C)C1. The highest BCUT2D eigenvalue weighted by Crippen LogP contribution is 2.33. The number of allylic oxidation sites excluding steroid dienone is 3. The maximum Gasteiger partial charge on any atom is 0.254 e. The predicted molar refractivity (Wildman–Crippen MR) is 124 cm³/mol. The van der Waals surface area contributed by atoms with Gasteiger partial charge in [-0.3, -0.25) is 4.79 Å². The number of carbonyl (C=O) groups is 1. The molecule has 1 amide bonds. The summed E-state index contributed by atoms with van der Waals surface area (Å²) in [4.78, 5) is 23.5. The van der Waals surface area contributed by atoms with E-state index < -0.39 is 0 Å². The molecule has 2 fully saturated rings. The van der Waals surface area contributed by atoms with Gasteiger partial charge in [-0.15, -0.1) is 0 Å². The van der Waals surface area contributed by atoms with E-state index >= 15 is 0 Å². The van der Waals surface area contributed by atoms with E-state index in [-0.39, 0.29) is 12.0 Å². The number of ether oxygens (including phenoxy) is 1. The molecule has 4 rings (SSSR count). The number of nitrogens with zero attached hydrogens (tertiary/aromatic N) is 2. The maximum absolute atomic E-state index is 13.3. The Bertz CT molecular complexity index is 1040.